The van der Waals surface area contributed by atoms with E-state index in [0.29, 0.717) is 42.2 Å². The summed E-state index contributed by atoms with van der Waals surface area (Å²) in [5.74, 6) is 0.367. The fourth-order valence-electron chi connectivity index (χ4n) is 5.02. The molecule has 2 aromatic rings. The predicted octanol–water partition coefficient (Wildman–Crippen LogP) is 4.93. The summed E-state index contributed by atoms with van der Waals surface area (Å²) in [4.78, 5) is 15.4. The second kappa shape index (κ2) is 7.32. The average Bonchev–Trinajstić information content (AvgIpc) is 3.37. The van der Waals surface area contributed by atoms with E-state index in [9.17, 15) is 18.0 Å². The fraction of sp³-hybridized carbons (Fsp3) is 0.292. The lowest BCUT2D eigenvalue weighted by Crippen LogP contribution is -2.41. The molecule has 1 N–H and O–H groups in total. The summed E-state index contributed by atoms with van der Waals surface area (Å²) in [7, 11) is 0. The first-order valence-electron chi connectivity index (χ1n) is 10.5. The third-order valence-electron chi connectivity index (χ3n) is 6.48. The molecule has 1 atom stereocenters. The standard InChI is InChI=1S/C24H21F3N4O/c1-2-23(16-9-6-10-17(11-16)24(25,26)27)18-12-28-30-21(18)29-19-14-31(22(32)20(19)23)13-15-7-4-3-5-8-15/h3-11,29H,2,12-14H2,1H3. The number of amides is 1. The van der Waals surface area contributed by atoms with Crippen molar-refractivity contribution in [3.8, 4) is 0 Å². The Morgan fingerprint density at radius 2 is 1.91 bits per heavy atom. The Bertz CT molecular complexity index is 1180. The average molecular weight is 438 g/mol. The van der Waals surface area contributed by atoms with Crippen LogP contribution in [-0.2, 0) is 22.9 Å². The number of nitrogens with zero attached hydrogens (tertiary/aromatic N) is 3. The molecular formula is C24H21F3N4O. The van der Waals surface area contributed by atoms with Crippen molar-refractivity contribution in [3.63, 3.8) is 0 Å². The first-order valence-corrected chi connectivity index (χ1v) is 10.5. The molecule has 0 saturated heterocycles. The molecule has 0 aromatic heterocycles. The molecule has 1 unspecified atom stereocenters. The van der Waals surface area contributed by atoms with Crippen LogP contribution >= 0.6 is 0 Å². The zero-order valence-electron chi connectivity index (χ0n) is 17.4. The van der Waals surface area contributed by atoms with E-state index in [4.69, 9.17) is 0 Å². The van der Waals surface area contributed by atoms with Gasteiger partial charge in [0, 0.05) is 17.8 Å². The van der Waals surface area contributed by atoms with Crippen molar-refractivity contribution in [3.05, 3.63) is 94.0 Å². The number of dihydropyridines is 1. The van der Waals surface area contributed by atoms with Gasteiger partial charge in [-0.25, -0.2) is 0 Å². The van der Waals surface area contributed by atoms with E-state index in [1.165, 1.54) is 6.07 Å². The number of carbonyl (C=O) groups is 1. The Morgan fingerprint density at radius 1 is 1.12 bits per heavy atom. The number of hydrogen-bond acceptors (Lipinski definition) is 4. The third kappa shape index (κ3) is 3.04. The molecule has 32 heavy (non-hydrogen) atoms. The second-order valence-corrected chi connectivity index (χ2v) is 8.19. The summed E-state index contributed by atoms with van der Waals surface area (Å²) >= 11 is 0. The highest BCUT2D eigenvalue weighted by atomic mass is 19.4. The van der Waals surface area contributed by atoms with E-state index < -0.39 is 17.2 Å². The summed E-state index contributed by atoms with van der Waals surface area (Å²) in [6.07, 6.45) is -4.06. The molecule has 0 radical (unpaired) electrons. The van der Waals surface area contributed by atoms with Gasteiger partial charge in [-0.3, -0.25) is 4.79 Å². The SMILES string of the molecule is CCC1(c2cccc(C(F)(F)F)c2)C2=C(N=NC2)NC2=C1C(=O)N(Cc1ccccc1)C2. The number of azo groups is 1. The molecule has 0 saturated carbocycles. The van der Waals surface area contributed by atoms with E-state index in [-0.39, 0.29) is 12.5 Å². The number of carbonyl (C=O) groups excluding carboxylic acids is 1. The van der Waals surface area contributed by atoms with Gasteiger partial charge < -0.3 is 10.2 Å². The van der Waals surface area contributed by atoms with Gasteiger partial charge in [0.05, 0.1) is 29.6 Å². The number of nitrogens with one attached hydrogen (secondary N) is 1. The molecular weight excluding hydrogens is 417 g/mol. The summed E-state index contributed by atoms with van der Waals surface area (Å²) in [5, 5.41) is 11.6. The first-order chi connectivity index (χ1) is 15.3. The molecule has 2 aromatic carbocycles. The van der Waals surface area contributed by atoms with Gasteiger partial charge in [-0.2, -0.15) is 18.3 Å². The molecule has 0 spiro atoms. The van der Waals surface area contributed by atoms with E-state index in [0.717, 1.165) is 23.3 Å². The molecule has 164 valence electrons. The minimum absolute atomic E-state index is 0.172. The van der Waals surface area contributed by atoms with Gasteiger partial charge >= 0.3 is 6.18 Å². The van der Waals surface area contributed by atoms with E-state index in [2.05, 4.69) is 15.5 Å². The van der Waals surface area contributed by atoms with Gasteiger partial charge in [-0.1, -0.05) is 55.5 Å². The Kier molecular flexibility index (Phi) is 4.69. The van der Waals surface area contributed by atoms with E-state index in [1.807, 2.05) is 37.3 Å². The Morgan fingerprint density at radius 3 is 2.62 bits per heavy atom. The maximum atomic E-state index is 13.7. The quantitative estimate of drug-likeness (QED) is 0.736. The minimum atomic E-state index is -4.48. The molecule has 0 bridgehead atoms. The highest BCUT2D eigenvalue weighted by molar-refractivity contribution is 6.01. The van der Waals surface area contributed by atoms with Crippen molar-refractivity contribution in [1.82, 2.24) is 10.2 Å². The number of alkyl halides is 3. The van der Waals surface area contributed by atoms with Crippen LogP contribution in [0.1, 0.15) is 30.0 Å². The molecule has 5 rings (SSSR count). The molecule has 8 heteroatoms. The van der Waals surface area contributed by atoms with Crippen molar-refractivity contribution < 1.29 is 18.0 Å². The van der Waals surface area contributed by atoms with Crippen molar-refractivity contribution >= 4 is 5.91 Å². The molecule has 0 aliphatic carbocycles. The molecule has 3 heterocycles. The van der Waals surface area contributed by atoms with Gasteiger partial charge in [0.25, 0.3) is 5.91 Å². The summed E-state index contributed by atoms with van der Waals surface area (Å²) < 4.78 is 40.6. The van der Waals surface area contributed by atoms with Crippen LogP contribution in [0.25, 0.3) is 0 Å². The lowest BCUT2D eigenvalue weighted by atomic mass is 9.65. The van der Waals surface area contributed by atoms with Crippen LogP contribution in [0.2, 0.25) is 0 Å². The zero-order valence-corrected chi connectivity index (χ0v) is 17.4. The number of benzene rings is 2. The largest absolute Gasteiger partial charge is 0.416 e. The maximum Gasteiger partial charge on any atom is 0.416 e. The van der Waals surface area contributed by atoms with Crippen LogP contribution in [0.4, 0.5) is 13.2 Å². The van der Waals surface area contributed by atoms with Crippen LogP contribution in [0.15, 0.2) is 87.5 Å². The highest BCUT2D eigenvalue weighted by Crippen LogP contribution is 2.51. The zero-order chi connectivity index (χ0) is 22.5. The normalized spacial score (nSPS) is 22.4. The van der Waals surface area contributed by atoms with Gasteiger partial charge in [-0.15, -0.1) is 5.11 Å². The first kappa shape index (κ1) is 20.5. The lowest BCUT2D eigenvalue weighted by molar-refractivity contribution is -0.137. The van der Waals surface area contributed by atoms with E-state index in [1.54, 1.807) is 11.0 Å². The van der Waals surface area contributed by atoms with Crippen molar-refractivity contribution in [1.29, 1.82) is 0 Å². The molecule has 0 fully saturated rings. The third-order valence-corrected chi connectivity index (χ3v) is 6.48. The summed E-state index contributed by atoms with van der Waals surface area (Å²) in [5.41, 5.74) is 1.62. The monoisotopic (exact) mass is 438 g/mol. The Balaban J connectivity index is 1.62. The molecule has 3 aliphatic rings. The van der Waals surface area contributed by atoms with Crippen LogP contribution in [0, 0.1) is 0 Å². The van der Waals surface area contributed by atoms with Gasteiger partial charge in [0.2, 0.25) is 0 Å². The molecule has 5 nitrogen and oxygen atoms in total. The van der Waals surface area contributed by atoms with Crippen LogP contribution in [0.3, 0.4) is 0 Å². The van der Waals surface area contributed by atoms with Gasteiger partial charge in [-0.05, 0) is 23.6 Å². The van der Waals surface area contributed by atoms with Gasteiger partial charge in [0.15, 0.2) is 5.82 Å². The lowest BCUT2D eigenvalue weighted by Gasteiger charge is -2.39. The van der Waals surface area contributed by atoms with Crippen LogP contribution < -0.4 is 5.32 Å². The second-order valence-electron chi connectivity index (χ2n) is 8.19. The number of rotatable bonds is 4. The van der Waals surface area contributed by atoms with Crippen molar-refractivity contribution in [2.24, 2.45) is 10.2 Å². The topological polar surface area (TPSA) is 57.1 Å². The Hall–Kier alpha value is -3.42. The van der Waals surface area contributed by atoms with Crippen LogP contribution in [-0.4, -0.2) is 23.9 Å². The maximum absolute atomic E-state index is 13.7. The Labute approximate surface area is 183 Å². The number of halogens is 3. The molecule has 1 amide bonds. The van der Waals surface area contributed by atoms with Gasteiger partial charge in [0.1, 0.15) is 0 Å². The smallest absolute Gasteiger partial charge is 0.340 e. The van der Waals surface area contributed by atoms with Crippen molar-refractivity contribution in [2.45, 2.75) is 31.5 Å². The predicted molar refractivity (Wildman–Crippen MR) is 112 cm³/mol. The summed E-state index contributed by atoms with van der Waals surface area (Å²) in [6, 6.07) is 14.9. The van der Waals surface area contributed by atoms with Crippen LogP contribution in [0.5, 0.6) is 0 Å². The number of hydrogen-bond donors (Lipinski definition) is 1. The molecule has 3 aliphatic heterocycles. The van der Waals surface area contributed by atoms with E-state index >= 15 is 0 Å². The fourth-order valence-corrected chi connectivity index (χ4v) is 5.02. The highest BCUT2D eigenvalue weighted by Gasteiger charge is 2.52. The van der Waals surface area contributed by atoms with Crippen molar-refractivity contribution in [2.75, 3.05) is 13.1 Å². The minimum Gasteiger partial charge on any atom is -0.340 e. The summed E-state index contributed by atoms with van der Waals surface area (Å²) in [6.45, 7) is 2.90.